The summed E-state index contributed by atoms with van der Waals surface area (Å²) in [6.45, 7) is 7.35. The van der Waals surface area contributed by atoms with Gasteiger partial charge in [0, 0.05) is 29.1 Å². The van der Waals surface area contributed by atoms with Gasteiger partial charge in [-0.3, -0.25) is 9.59 Å². The Hall–Kier alpha value is -2.42. The maximum Gasteiger partial charge on any atom is 0.198 e. The molecule has 27 heavy (non-hydrogen) atoms. The summed E-state index contributed by atoms with van der Waals surface area (Å²) in [5, 5.41) is 0. The first-order valence-electron chi connectivity index (χ1n) is 10.1. The van der Waals surface area contributed by atoms with E-state index in [0.717, 1.165) is 29.9 Å². The molecule has 0 aromatic heterocycles. The first kappa shape index (κ1) is 19.3. The summed E-state index contributed by atoms with van der Waals surface area (Å²) in [5.74, 6) is -0.300. The quantitative estimate of drug-likeness (QED) is 0.347. The number of carbonyl (C=O) groups is 2. The fourth-order valence-electron chi connectivity index (χ4n) is 3.99. The van der Waals surface area contributed by atoms with Crippen LogP contribution in [0.15, 0.2) is 59.0 Å². The molecule has 142 valence electrons. The van der Waals surface area contributed by atoms with E-state index in [-0.39, 0.29) is 11.6 Å². The van der Waals surface area contributed by atoms with Gasteiger partial charge in [-0.2, -0.15) is 0 Å². The van der Waals surface area contributed by atoms with E-state index in [4.69, 9.17) is 0 Å². The zero-order valence-corrected chi connectivity index (χ0v) is 16.7. The predicted molar refractivity (Wildman–Crippen MR) is 110 cm³/mol. The van der Waals surface area contributed by atoms with Crippen LogP contribution in [0.1, 0.15) is 80.0 Å². The summed E-state index contributed by atoms with van der Waals surface area (Å²) in [7, 11) is 0. The van der Waals surface area contributed by atoms with Gasteiger partial charge >= 0.3 is 0 Å². The zero-order valence-electron chi connectivity index (χ0n) is 16.7. The highest BCUT2D eigenvalue weighted by Crippen LogP contribution is 2.32. The van der Waals surface area contributed by atoms with E-state index in [9.17, 15) is 9.59 Å². The van der Waals surface area contributed by atoms with Gasteiger partial charge in [0.2, 0.25) is 0 Å². The largest absolute Gasteiger partial charge is 0.349 e. The molecule has 1 aliphatic heterocycles. The Morgan fingerprint density at radius 3 is 1.85 bits per heavy atom. The van der Waals surface area contributed by atoms with Crippen molar-refractivity contribution in [1.29, 1.82) is 0 Å². The summed E-state index contributed by atoms with van der Waals surface area (Å²) in [6, 6.07) is 7.10. The molecule has 3 heteroatoms. The van der Waals surface area contributed by atoms with Crippen LogP contribution in [0.4, 0.5) is 0 Å². The monoisotopic (exact) mass is 363 g/mol. The van der Waals surface area contributed by atoms with Crippen molar-refractivity contribution in [3.63, 3.8) is 0 Å². The molecule has 0 N–H and O–H groups in total. The van der Waals surface area contributed by atoms with Gasteiger partial charge in [0.1, 0.15) is 0 Å². The van der Waals surface area contributed by atoms with Crippen molar-refractivity contribution >= 4 is 11.6 Å². The number of hydrogen-bond acceptors (Lipinski definition) is 3. The van der Waals surface area contributed by atoms with Crippen LogP contribution < -0.4 is 0 Å². The van der Waals surface area contributed by atoms with Crippen LogP contribution in [0.3, 0.4) is 0 Å². The molecule has 0 unspecified atom stereocenters. The summed E-state index contributed by atoms with van der Waals surface area (Å²) in [5.41, 5.74) is 4.31. The van der Waals surface area contributed by atoms with Gasteiger partial charge in [-0.25, -0.2) is 0 Å². The lowest BCUT2D eigenvalue weighted by molar-refractivity contribution is 0.0988. The molecule has 3 nitrogen and oxygen atoms in total. The number of rotatable bonds is 7. The smallest absolute Gasteiger partial charge is 0.198 e. The van der Waals surface area contributed by atoms with E-state index in [2.05, 4.69) is 25.7 Å². The second-order valence-electron chi connectivity index (χ2n) is 7.53. The normalized spacial score (nSPS) is 16.6. The van der Waals surface area contributed by atoms with Gasteiger partial charge in [0.15, 0.2) is 11.6 Å². The fourth-order valence-corrected chi connectivity index (χ4v) is 3.99. The highest BCUT2D eigenvalue weighted by atomic mass is 16.2. The number of unbranched alkanes of at least 4 members (excludes halogenated alkanes) is 5. The zero-order chi connectivity index (χ0) is 19.4. The van der Waals surface area contributed by atoms with E-state index >= 15 is 0 Å². The van der Waals surface area contributed by atoms with Gasteiger partial charge in [-0.15, -0.1) is 0 Å². The topological polar surface area (TPSA) is 37.4 Å². The van der Waals surface area contributed by atoms with Crippen LogP contribution in [-0.2, 0) is 0 Å². The maximum atomic E-state index is 12.7. The highest BCUT2D eigenvalue weighted by Gasteiger charge is 2.35. The minimum Gasteiger partial charge on any atom is -0.349 e. The van der Waals surface area contributed by atoms with Crippen molar-refractivity contribution in [2.24, 2.45) is 0 Å². The third-order valence-corrected chi connectivity index (χ3v) is 5.47. The molecule has 0 spiro atoms. The highest BCUT2D eigenvalue weighted by molar-refractivity contribution is 6.40. The number of carbonyl (C=O) groups excluding carboxylic acids is 2. The van der Waals surface area contributed by atoms with E-state index in [1.807, 2.05) is 24.3 Å². The van der Waals surface area contributed by atoms with E-state index in [1.54, 1.807) is 12.1 Å². The molecule has 0 fully saturated rings. The Kier molecular flexibility index (Phi) is 6.10. The molecule has 0 amide bonds. The third-order valence-electron chi connectivity index (χ3n) is 5.47. The van der Waals surface area contributed by atoms with Crippen molar-refractivity contribution in [3.05, 3.63) is 70.1 Å². The van der Waals surface area contributed by atoms with Crippen LogP contribution in [0.2, 0.25) is 0 Å². The average Bonchev–Trinajstić information content (AvgIpc) is 2.91. The van der Waals surface area contributed by atoms with Crippen LogP contribution in [0, 0.1) is 0 Å². The van der Waals surface area contributed by atoms with Crippen LogP contribution >= 0.6 is 0 Å². The molecule has 0 saturated carbocycles. The molecular formula is C24H29NO2. The molecular weight excluding hydrogens is 334 g/mol. The Labute approximate surface area is 162 Å². The van der Waals surface area contributed by atoms with Crippen molar-refractivity contribution in [1.82, 2.24) is 4.90 Å². The van der Waals surface area contributed by atoms with E-state index < -0.39 is 0 Å². The molecule has 1 aromatic carbocycles. The lowest BCUT2D eigenvalue weighted by Gasteiger charge is -2.30. The second-order valence-corrected chi connectivity index (χ2v) is 7.53. The summed E-state index contributed by atoms with van der Waals surface area (Å²) >= 11 is 0. The Morgan fingerprint density at radius 1 is 0.778 bits per heavy atom. The SMILES string of the molecule is CCCCCCCCN1C(C)=CC(=C2C(=O)c3ccccc3C2=O)C=C1C. The number of Topliss-reactive ketones (excluding diaryl/α,β-unsaturated/α-hetero) is 2. The molecule has 1 aliphatic carbocycles. The average molecular weight is 364 g/mol. The Morgan fingerprint density at radius 2 is 1.30 bits per heavy atom. The number of nitrogens with zero attached hydrogens (tertiary/aromatic N) is 1. The van der Waals surface area contributed by atoms with Crippen molar-refractivity contribution in [2.75, 3.05) is 6.54 Å². The number of hydrogen-bond donors (Lipinski definition) is 0. The minimum atomic E-state index is -0.150. The standard InChI is InChI=1S/C24H29NO2/c1-4-5-6-7-8-11-14-25-17(2)15-19(16-18(25)3)22-23(26)20-12-9-10-13-21(20)24(22)27/h9-10,12-13,15-16H,4-8,11,14H2,1-3H3. The van der Waals surface area contributed by atoms with E-state index in [1.165, 1.54) is 32.1 Å². The first-order chi connectivity index (χ1) is 13.0. The number of benzene rings is 1. The van der Waals surface area contributed by atoms with Crippen molar-refractivity contribution in [3.8, 4) is 0 Å². The van der Waals surface area contributed by atoms with Crippen molar-refractivity contribution < 1.29 is 9.59 Å². The lowest BCUT2D eigenvalue weighted by Crippen LogP contribution is -2.24. The molecule has 2 aliphatic rings. The number of fused-ring (bicyclic) bond motifs is 1. The number of allylic oxidation sites excluding steroid dienone is 6. The Bertz CT molecular complexity index is 783. The molecule has 0 atom stereocenters. The lowest BCUT2D eigenvalue weighted by atomic mass is 9.98. The molecule has 1 heterocycles. The second kappa shape index (κ2) is 8.51. The summed E-state index contributed by atoms with van der Waals surface area (Å²) in [6.07, 6.45) is 11.6. The fraction of sp³-hybridized carbons (Fsp3) is 0.417. The van der Waals surface area contributed by atoms with Crippen LogP contribution in [0.5, 0.6) is 0 Å². The first-order valence-corrected chi connectivity index (χ1v) is 10.1. The molecule has 3 rings (SSSR count). The summed E-state index contributed by atoms with van der Waals surface area (Å²) < 4.78 is 0. The summed E-state index contributed by atoms with van der Waals surface area (Å²) in [4.78, 5) is 27.8. The van der Waals surface area contributed by atoms with Gasteiger partial charge in [-0.1, -0.05) is 63.3 Å². The van der Waals surface area contributed by atoms with Gasteiger partial charge in [0.25, 0.3) is 0 Å². The van der Waals surface area contributed by atoms with Gasteiger partial charge in [0.05, 0.1) is 5.57 Å². The predicted octanol–water partition coefficient (Wildman–Crippen LogP) is 5.85. The molecule has 0 saturated heterocycles. The van der Waals surface area contributed by atoms with Gasteiger partial charge < -0.3 is 4.90 Å². The van der Waals surface area contributed by atoms with Gasteiger partial charge in [-0.05, 0) is 38.0 Å². The molecule has 0 bridgehead atoms. The van der Waals surface area contributed by atoms with E-state index in [0.29, 0.717) is 16.7 Å². The minimum absolute atomic E-state index is 0.150. The Balaban J connectivity index is 1.74. The van der Waals surface area contributed by atoms with Crippen molar-refractivity contribution in [2.45, 2.75) is 59.3 Å². The van der Waals surface area contributed by atoms with Crippen LogP contribution in [0.25, 0.3) is 0 Å². The molecule has 1 aromatic rings. The third kappa shape index (κ3) is 3.97. The van der Waals surface area contributed by atoms with Crippen LogP contribution in [-0.4, -0.2) is 23.0 Å². The number of ketones is 2. The molecule has 0 radical (unpaired) electrons. The maximum absolute atomic E-state index is 12.7.